The zero-order valence-electron chi connectivity index (χ0n) is 7.43. The number of carbonyl (C=O) groups excluding carboxylic acids is 1. The Morgan fingerprint density at radius 1 is 1.54 bits per heavy atom. The summed E-state index contributed by atoms with van der Waals surface area (Å²) in [6.45, 7) is 0. The van der Waals surface area contributed by atoms with Crippen LogP contribution in [-0.4, -0.2) is 20.1 Å². The first-order chi connectivity index (χ1) is 6.19. The highest BCUT2D eigenvalue weighted by Crippen LogP contribution is 2.17. The van der Waals surface area contributed by atoms with Crippen molar-refractivity contribution < 1.29 is 13.9 Å². The summed E-state index contributed by atoms with van der Waals surface area (Å²) in [5.74, 6) is -0.724. The highest BCUT2D eigenvalue weighted by molar-refractivity contribution is 5.94. The van der Waals surface area contributed by atoms with Crippen LogP contribution in [0.5, 0.6) is 5.75 Å². The molecule has 1 N–H and O–H groups in total. The average Bonchev–Trinajstić information content (AvgIpc) is 2.16. The molecule has 1 aromatic rings. The number of methoxy groups -OCH3 is 1. The van der Waals surface area contributed by atoms with Crippen molar-refractivity contribution in [3.63, 3.8) is 0 Å². The van der Waals surface area contributed by atoms with Crippen LogP contribution in [0.2, 0.25) is 0 Å². The molecule has 0 bridgehead atoms. The first-order valence-electron chi connectivity index (χ1n) is 3.74. The molecule has 0 fully saturated rings. The number of benzene rings is 1. The monoisotopic (exact) mass is 183 g/mol. The number of hydrogen-bond donors (Lipinski definition) is 1. The first-order valence-corrected chi connectivity index (χ1v) is 3.74. The summed E-state index contributed by atoms with van der Waals surface area (Å²) in [5, 5.41) is 2.40. The van der Waals surface area contributed by atoms with E-state index < -0.39 is 5.82 Å². The number of amides is 1. The molecular formula is C9H10FNO2. The molecule has 0 saturated heterocycles. The summed E-state index contributed by atoms with van der Waals surface area (Å²) < 4.78 is 17.7. The van der Waals surface area contributed by atoms with Gasteiger partial charge in [-0.1, -0.05) is 0 Å². The second-order valence-electron chi connectivity index (χ2n) is 2.43. The molecule has 0 unspecified atom stereocenters. The Morgan fingerprint density at radius 3 is 2.69 bits per heavy atom. The minimum absolute atomic E-state index is 0.132. The van der Waals surface area contributed by atoms with E-state index in [-0.39, 0.29) is 17.2 Å². The lowest BCUT2D eigenvalue weighted by Crippen LogP contribution is -2.17. The Kier molecular flexibility index (Phi) is 2.84. The minimum atomic E-state index is -0.538. The Morgan fingerprint density at radius 2 is 2.23 bits per heavy atom. The molecule has 1 aromatic carbocycles. The highest BCUT2D eigenvalue weighted by atomic mass is 19.1. The third-order valence-corrected chi connectivity index (χ3v) is 1.64. The van der Waals surface area contributed by atoms with Crippen molar-refractivity contribution in [2.45, 2.75) is 0 Å². The van der Waals surface area contributed by atoms with Crippen LogP contribution in [0.1, 0.15) is 10.4 Å². The summed E-state index contributed by atoms with van der Waals surface area (Å²) >= 11 is 0. The van der Waals surface area contributed by atoms with E-state index in [0.717, 1.165) is 6.07 Å². The number of rotatable bonds is 2. The van der Waals surface area contributed by atoms with Crippen LogP contribution in [0.25, 0.3) is 0 Å². The predicted molar refractivity (Wildman–Crippen MR) is 46.3 cm³/mol. The van der Waals surface area contributed by atoms with Gasteiger partial charge in [0, 0.05) is 12.6 Å². The topological polar surface area (TPSA) is 38.3 Å². The molecule has 0 radical (unpaired) electrons. The van der Waals surface area contributed by atoms with Crippen molar-refractivity contribution in [2.75, 3.05) is 14.2 Å². The SMILES string of the molecule is CNC(=O)c1ccc(OC)c(F)c1. The summed E-state index contributed by atoms with van der Waals surface area (Å²) in [7, 11) is 2.86. The van der Waals surface area contributed by atoms with Gasteiger partial charge in [0.15, 0.2) is 11.6 Å². The second kappa shape index (κ2) is 3.89. The van der Waals surface area contributed by atoms with Crippen LogP contribution in [-0.2, 0) is 0 Å². The molecule has 1 rings (SSSR count). The quantitative estimate of drug-likeness (QED) is 0.748. The van der Waals surface area contributed by atoms with Crippen LogP contribution in [0, 0.1) is 5.82 Å². The van der Waals surface area contributed by atoms with Crippen molar-refractivity contribution in [2.24, 2.45) is 0 Å². The van der Waals surface area contributed by atoms with Crippen LogP contribution in [0.15, 0.2) is 18.2 Å². The fourth-order valence-corrected chi connectivity index (χ4v) is 0.952. The van der Waals surface area contributed by atoms with Gasteiger partial charge in [-0.2, -0.15) is 0 Å². The maximum absolute atomic E-state index is 13.0. The van der Waals surface area contributed by atoms with Crippen molar-refractivity contribution in [3.05, 3.63) is 29.6 Å². The van der Waals surface area contributed by atoms with E-state index in [2.05, 4.69) is 5.32 Å². The Labute approximate surface area is 75.5 Å². The van der Waals surface area contributed by atoms with E-state index in [1.165, 1.54) is 26.3 Å². The van der Waals surface area contributed by atoms with E-state index in [4.69, 9.17) is 4.74 Å². The molecule has 0 aliphatic rings. The maximum atomic E-state index is 13.0. The molecule has 0 heterocycles. The second-order valence-corrected chi connectivity index (χ2v) is 2.43. The third kappa shape index (κ3) is 1.96. The van der Waals surface area contributed by atoms with Gasteiger partial charge >= 0.3 is 0 Å². The molecule has 0 aliphatic carbocycles. The summed E-state index contributed by atoms with van der Waals surface area (Å²) in [6.07, 6.45) is 0. The van der Waals surface area contributed by atoms with Crippen LogP contribution in [0.3, 0.4) is 0 Å². The fourth-order valence-electron chi connectivity index (χ4n) is 0.952. The normalized spacial score (nSPS) is 9.46. The molecule has 4 heteroatoms. The zero-order valence-corrected chi connectivity index (χ0v) is 7.43. The standard InChI is InChI=1S/C9H10FNO2/c1-11-9(12)6-3-4-8(13-2)7(10)5-6/h3-5H,1-2H3,(H,11,12). The number of hydrogen-bond acceptors (Lipinski definition) is 2. The van der Waals surface area contributed by atoms with Gasteiger partial charge in [0.05, 0.1) is 7.11 Å². The lowest BCUT2D eigenvalue weighted by molar-refractivity contribution is 0.0962. The Hall–Kier alpha value is -1.58. The number of halogens is 1. The molecule has 0 spiro atoms. The molecule has 0 atom stereocenters. The summed E-state index contributed by atoms with van der Waals surface area (Å²) in [6, 6.07) is 4.05. The van der Waals surface area contributed by atoms with E-state index in [1.54, 1.807) is 0 Å². The minimum Gasteiger partial charge on any atom is -0.494 e. The molecule has 0 aliphatic heterocycles. The smallest absolute Gasteiger partial charge is 0.251 e. The lowest BCUT2D eigenvalue weighted by atomic mass is 10.2. The summed E-state index contributed by atoms with van der Waals surface area (Å²) in [5.41, 5.74) is 0.279. The van der Waals surface area contributed by atoms with Crippen molar-refractivity contribution in [3.8, 4) is 5.75 Å². The van der Waals surface area contributed by atoms with Gasteiger partial charge in [-0.25, -0.2) is 4.39 Å². The van der Waals surface area contributed by atoms with Crippen molar-refractivity contribution >= 4 is 5.91 Å². The van der Waals surface area contributed by atoms with Crippen LogP contribution >= 0.6 is 0 Å². The lowest BCUT2D eigenvalue weighted by Gasteiger charge is -2.03. The first kappa shape index (κ1) is 9.51. The van der Waals surface area contributed by atoms with Gasteiger partial charge in [-0.3, -0.25) is 4.79 Å². The van der Waals surface area contributed by atoms with Gasteiger partial charge < -0.3 is 10.1 Å². The van der Waals surface area contributed by atoms with E-state index >= 15 is 0 Å². The van der Waals surface area contributed by atoms with Crippen molar-refractivity contribution in [1.29, 1.82) is 0 Å². The van der Waals surface area contributed by atoms with Gasteiger partial charge in [-0.15, -0.1) is 0 Å². The molecular weight excluding hydrogens is 173 g/mol. The van der Waals surface area contributed by atoms with Crippen LogP contribution < -0.4 is 10.1 Å². The average molecular weight is 183 g/mol. The molecule has 3 nitrogen and oxygen atoms in total. The van der Waals surface area contributed by atoms with E-state index in [1.807, 2.05) is 0 Å². The zero-order chi connectivity index (χ0) is 9.84. The molecule has 0 saturated carbocycles. The molecule has 70 valence electrons. The van der Waals surface area contributed by atoms with Gasteiger partial charge in [0.25, 0.3) is 5.91 Å². The summed E-state index contributed by atoms with van der Waals surface area (Å²) in [4.78, 5) is 11.0. The largest absolute Gasteiger partial charge is 0.494 e. The van der Waals surface area contributed by atoms with Gasteiger partial charge in [0.1, 0.15) is 0 Å². The third-order valence-electron chi connectivity index (χ3n) is 1.64. The number of carbonyl (C=O) groups is 1. The molecule has 13 heavy (non-hydrogen) atoms. The molecule has 1 amide bonds. The predicted octanol–water partition coefficient (Wildman–Crippen LogP) is 1.19. The maximum Gasteiger partial charge on any atom is 0.251 e. The Balaban J connectivity index is 3.02. The van der Waals surface area contributed by atoms with Crippen LogP contribution in [0.4, 0.5) is 4.39 Å². The van der Waals surface area contributed by atoms with Crippen molar-refractivity contribution in [1.82, 2.24) is 5.32 Å². The Bertz CT molecular complexity index is 325. The molecule has 0 aromatic heterocycles. The van der Waals surface area contributed by atoms with Gasteiger partial charge in [-0.05, 0) is 18.2 Å². The fraction of sp³-hybridized carbons (Fsp3) is 0.222. The van der Waals surface area contributed by atoms with Gasteiger partial charge in [0.2, 0.25) is 0 Å². The number of nitrogens with one attached hydrogen (secondary N) is 1. The number of ether oxygens (including phenoxy) is 1. The highest BCUT2D eigenvalue weighted by Gasteiger charge is 2.07. The van der Waals surface area contributed by atoms with E-state index in [0.29, 0.717) is 0 Å². The van der Waals surface area contributed by atoms with E-state index in [9.17, 15) is 9.18 Å².